The number of nitriles is 1. The minimum atomic E-state index is -0.929. The van der Waals surface area contributed by atoms with E-state index >= 15 is 0 Å². The summed E-state index contributed by atoms with van der Waals surface area (Å²) in [4.78, 5) is 19.5. The van der Waals surface area contributed by atoms with Crippen molar-refractivity contribution in [2.24, 2.45) is 0 Å². The molecule has 6 heteroatoms. The van der Waals surface area contributed by atoms with Crippen molar-refractivity contribution in [3.05, 3.63) is 53.3 Å². The summed E-state index contributed by atoms with van der Waals surface area (Å²) in [6, 6.07) is 12.5. The molecule has 1 heterocycles. The molecule has 106 valence electrons. The van der Waals surface area contributed by atoms with Gasteiger partial charge in [0.2, 0.25) is 5.95 Å². The van der Waals surface area contributed by atoms with Gasteiger partial charge in [-0.1, -0.05) is 30.3 Å². The van der Waals surface area contributed by atoms with E-state index in [0.717, 1.165) is 0 Å². The second-order valence-electron chi connectivity index (χ2n) is 4.51. The van der Waals surface area contributed by atoms with Crippen LogP contribution in [-0.2, 0) is 4.79 Å². The zero-order chi connectivity index (χ0) is 15.2. The molecule has 0 aliphatic rings. The number of carbonyl (C=O) groups is 1. The number of benzene rings is 1. The topological polar surface area (TPSA) is 98.9 Å². The molecular weight excluding hydrogens is 268 g/mol. The fourth-order valence-corrected chi connectivity index (χ4v) is 1.93. The van der Waals surface area contributed by atoms with Crippen LogP contribution >= 0.6 is 0 Å². The lowest BCUT2D eigenvalue weighted by molar-refractivity contribution is -0.138. The average molecular weight is 282 g/mol. The highest BCUT2D eigenvalue weighted by Crippen LogP contribution is 2.16. The molecule has 0 amide bonds. The van der Waals surface area contributed by atoms with Crippen LogP contribution in [-0.4, -0.2) is 27.6 Å². The Bertz CT molecular complexity index is 680. The van der Waals surface area contributed by atoms with Gasteiger partial charge in [-0.05, 0) is 18.6 Å². The standard InChI is InChI=1S/C15H14N4O2/c1-10-7-12(8-16)19-15(18-10)17-9-13(14(20)21)11-5-3-2-4-6-11/h2-7,13H,9H2,1H3,(H,20,21)(H,17,18,19). The number of nitrogens with zero attached hydrogens (tertiary/aromatic N) is 3. The van der Waals surface area contributed by atoms with Crippen LogP contribution in [0.25, 0.3) is 0 Å². The van der Waals surface area contributed by atoms with Gasteiger partial charge in [0.15, 0.2) is 0 Å². The van der Waals surface area contributed by atoms with Crippen molar-refractivity contribution in [2.75, 3.05) is 11.9 Å². The van der Waals surface area contributed by atoms with Crippen molar-refractivity contribution in [1.29, 1.82) is 5.26 Å². The minimum absolute atomic E-state index is 0.146. The smallest absolute Gasteiger partial charge is 0.312 e. The van der Waals surface area contributed by atoms with Crippen molar-refractivity contribution in [1.82, 2.24) is 9.97 Å². The summed E-state index contributed by atoms with van der Waals surface area (Å²) in [6.07, 6.45) is 0. The number of aryl methyl sites for hydroxylation is 1. The van der Waals surface area contributed by atoms with Crippen molar-refractivity contribution < 1.29 is 9.90 Å². The lowest BCUT2D eigenvalue weighted by atomic mass is 9.99. The van der Waals surface area contributed by atoms with Gasteiger partial charge in [0.25, 0.3) is 0 Å². The molecular formula is C15H14N4O2. The SMILES string of the molecule is Cc1cc(C#N)nc(NCC(C(=O)O)c2ccccc2)n1. The third kappa shape index (κ3) is 3.76. The molecule has 0 aliphatic carbocycles. The van der Waals surface area contributed by atoms with E-state index in [1.54, 1.807) is 37.3 Å². The maximum absolute atomic E-state index is 11.4. The van der Waals surface area contributed by atoms with Gasteiger partial charge in [0.05, 0.1) is 5.92 Å². The molecule has 1 aromatic carbocycles. The molecule has 1 unspecified atom stereocenters. The Hall–Kier alpha value is -2.94. The van der Waals surface area contributed by atoms with Crippen LogP contribution < -0.4 is 5.32 Å². The van der Waals surface area contributed by atoms with E-state index in [4.69, 9.17) is 5.26 Å². The molecule has 2 N–H and O–H groups in total. The maximum atomic E-state index is 11.4. The molecule has 0 aliphatic heterocycles. The highest BCUT2D eigenvalue weighted by molar-refractivity contribution is 5.76. The number of rotatable bonds is 5. The molecule has 2 aromatic rings. The van der Waals surface area contributed by atoms with Gasteiger partial charge in [-0.15, -0.1) is 0 Å². The summed E-state index contributed by atoms with van der Waals surface area (Å²) >= 11 is 0. The third-order valence-electron chi connectivity index (χ3n) is 2.93. The third-order valence-corrected chi connectivity index (χ3v) is 2.93. The fourth-order valence-electron chi connectivity index (χ4n) is 1.93. The number of hydrogen-bond acceptors (Lipinski definition) is 5. The van der Waals surface area contributed by atoms with E-state index in [2.05, 4.69) is 15.3 Å². The van der Waals surface area contributed by atoms with Crippen molar-refractivity contribution in [3.8, 4) is 6.07 Å². The zero-order valence-electron chi connectivity index (χ0n) is 11.4. The zero-order valence-corrected chi connectivity index (χ0v) is 11.4. The molecule has 0 saturated carbocycles. The lowest BCUT2D eigenvalue weighted by Gasteiger charge is -2.14. The van der Waals surface area contributed by atoms with Crippen LogP contribution in [0.5, 0.6) is 0 Å². The summed E-state index contributed by atoms with van der Waals surface area (Å²) in [7, 11) is 0. The first-order chi connectivity index (χ1) is 10.1. The number of aliphatic carboxylic acids is 1. The Labute approximate surface area is 122 Å². The van der Waals surface area contributed by atoms with Crippen LogP contribution in [0.15, 0.2) is 36.4 Å². The lowest BCUT2D eigenvalue weighted by Crippen LogP contribution is -2.22. The van der Waals surface area contributed by atoms with E-state index in [9.17, 15) is 9.90 Å². The van der Waals surface area contributed by atoms with E-state index in [0.29, 0.717) is 11.3 Å². The maximum Gasteiger partial charge on any atom is 0.312 e. The Morgan fingerprint density at radius 1 is 1.38 bits per heavy atom. The molecule has 6 nitrogen and oxygen atoms in total. The number of nitrogens with one attached hydrogen (secondary N) is 1. The number of carboxylic acids is 1. The molecule has 1 aromatic heterocycles. The summed E-state index contributed by atoms with van der Waals surface area (Å²) in [5, 5.41) is 21.1. The number of aromatic nitrogens is 2. The van der Waals surface area contributed by atoms with Crippen LogP contribution in [0.3, 0.4) is 0 Å². The number of hydrogen-bond donors (Lipinski definition) is 2. The fraction of sp³-hybridized carbons (Fsp3) is 0.200. The molecule has 0 fully saturated rings. The summed E-state index contributed by atoms with van der Waals surface area (Å²) in [6.45, 7) is 1.90. The van der Waals surface area contributed by atoms with E-state index in [1.807, 2.05) is 12.1 Å². The molecule has 2 rings (SSSR count). The van der Waals surface area contributed by atoms with Gasteiger partial charge in [0.1, 0.15) is 11.8 Å². The normalized spacial score (nSPS) is 11.4. The molecule has 0 saturated heterocycles. The van der Waals surface area contributed by atoms with Crippen LogP contribution in [0.4, 0.5) is 5.95 Å². The average Bonchev–Trinajstić information content (AvgIpc) is 2.47. The van der Waals surface area contributed by atoms with Gasteiger partial charge in [0, 0.05) is 12.2 Å². The van der Waals surface area contributed by atoms with E-state index in [-0.39, 0.29) is 18.2 Å². The van der Waals surface area contributed by atoms with Crippen molar-refractivity contribution >= 4 is 11.9 Å². The highest BCUT2D eigenvalue weighted by Gasteiger charge is 2.19. The monoisotopic (exact) mass is 282 g/mol. The molecule has 0 spiro atoms. The van der Waals surface area contributed by atoms with Crippen LogP contribution in [0.1, 0.15) is 22.9 Å². The van der Waals surface area contributed by atoms with Gasteiger partial charge in [-0.2, -0.15) is 5.26 Å². The van der Waals surface area contributed by atoms with Crippen molar-refractivity contribution in [3.63, 3.8) is 0 Å². The van der Waals surface area contributed by atoms with Gasteiger partial charge in [-0.25, -0.2) is 9.97 Å². The minimum Gasteiger partial charge on any atom is -0.481 e. The summed E-state index contributed by atoms with van der Waals surface area (Å²) in [5.41, 5.74) is 1.60. The van der Waals surface area contributed by atoms with Crippen LogP contribution in [0.2, 0.25) is 0 Å². The predicted molar refractivity (Wildman–Crippen MR) is 76.8 cm³/mol. The first kappa shape index (κ1) is 14.5. The van der Waals surface area contributed by atoms with Crippen molar-refractivity contribution in [2.45, 2.75) is 12.8 Å². The Morgan fingerprint density at radius 3 is 2.71 bits per heavy atom. The highest BCUT2D eigenvalue weighted by atomic mass is 16.4. The van der Waals surface area contributed by atoms with Gasteiger partial charge in [-0.3, -0.25) is 4.79 Å². The largest absolute Gasteiger partial charge is 0.481 e. The first-order valence-corrected chi connectivity index (χ1v) is 6.37. The summed E-state index contributed by atoms with van der Waals surface area (Å²) < 4.78 is 0. The molecule has 0 bridgehead atoms. The quantitative estimate of drug-likeness (QED) is 0.869. The molecule has 1 atom stereocenters. The summed E-state index contributed by atoms with van der Waals surface area (Å²) in [5.74, 6) is -1.38. The first-order valence-electron chi connectivity index (χ1n) is 6.37. The molecule has 0 radical (unpaired) electrons. The molecule has 21 heavy (non-hydrogen) atoms. The van der Waals surface area contributed by atoms with Crippen LogP contribution in [0, 0.1) is 18.3 Å². The second kappa shape index (κ2) is 6.48. The Morgan fingerprint density at radius 2 is 2.10 bits per heavy atom. The Kier molecular flexibility index (Phi) is 4.46. The van der Waals surface area contributed by atoms with Gasteiger partial charge >= 0.3 is 5.97 Å². The van der Waals surface area contributed by atoms with Gasteiger partial charge < -0.3 is 10.4 Å². The second-order valence-corrected chi connectivity index (χ2v) is 4.51. The predicted octanol–water partition coefficient (Wildman–Crippen LogP) is 1.94. The number of anilines is 1. The van der Waals surface area contributed by atoms with E-state index in [1.165, 1.54) is 0 Å². The number of carboxylic acid groups (broad SMARTS) is 1. The Balaban J connectivity index is 2.15. The van der Waals surface area contributed by atoms with E-state index < -0.39 is 11.9 Å².